The van der Waals surface area contributed by atoms with Crippen LogP contribution in [0, 0.1) is 0 Å². The lowest BCUT2D eigenvalue weighted by Crippen LogP contribution is -2.02. The van der Waals surface area contributed by atoms with E-state index >= 15 is 0 Å². The minimum atomic E-state index is 0.484. The predicted octanol–water partition coefficient (Wildman–Crippen LogP) is 5.77. The van der Waals surface area contributed by atoms with Crippen LogP contribution in [0.2, 0.25) is 15.1 Å². The topological polar surface area (TPSA) is 17.8 Å². The fraction of sp³-hybridized carbons (Fsp3) is 0.133. The Hall–Kier alpha value is -0.930. The van der Waals surface area contributed by atoms with Gasteiger partial charge in [0.1, 0.15) is 5.82 Å². The summed E-state index contributed by atoms with van der Waals surface area (Å²) in [5.41, 5.74) is 2.68. The van der Waals surface area contributed by atoms with Crippen molar-refractivity contribution in [2.75, 3.05) is 5.88 Å². The van der Waals surface area contributed by atoms with E-state index in [4.69, 9.17) is 46.4 Å². The Labute approximate surface area is 142 Å². The second-order valence-corrected chi connectivity index (χ2v) is 6.16. The first-order valence-electron chi connectivity index (χ1n) is 6.28. The molecule has 0 fully saturated rings. The minimum Gasteiger partial charge on any atom is -0.296 e. The van der Waals surface area contributed by atoms with Gasteiger partial charge in [0, 0.05) is 23.0 Å². The molecule has 0 spiro atoms. The van der Waals surface area contributed by atoms with E-state index in [0.717, 1.165) is 22.5 Å². The second-order valence-electron chi connectivity index (χ2n) is 4.53. The molecule has 0 atom stereocenters. The number of aryl methyl sites for hydroxylation is 1. The molecule has 0 saturated carbocycles. The number of rotatable bonds is 3. The van der Waals surface area contributed by atoms with Crippen LogP contribution in [-0.4, -0.2) is 15.4 Å². The zero-order valence-corrected chi connectivity index (χ0v) is 13.8. The third kappa shape index (κ3) is 2.86. The van der Waals surface area contributed by atoms with Gasteiger partial charge in [-0.2, -0.15) is 0 Å². The van der Waals surface area contributed by atoms with Gasteiger partial charge in [0.2, 0.25) is 0 Å². The highest BCUT2D eigenvalue weighted by Gasteiger charge is 2.13. The zero-order valence-electron chi connectivity index (χ0n) is 10.8. The molecule has 0 amide bonds. The van der Waals surface area contributed by atoms with Crippen molar-refractivity contribution in [2.24, 2.45) is 0 Å². The number of hydrogen-bond acceptors (Lipinski definition) is 1. The van der Waals surface area contributed by atoms with Gasteiger partial charge in [-0.25, -0.2) is 4.98 Å². The molecule has 2 aromatic carbocycles. The van der Waals surface area contributed by atoms with Crippen LogP contribution in [-0.2, 0) is 6.42 Å². The van der Waals surface area contributed by atoms with Gasteiger partial charge in [-0.15, -0.1) is 11.6 Å². The van der Waals surface area contributed by atoms with Gasteiger partial charge in [0.05, 0.1) is 21.1 Å². The van der Waals surface area contributed by atoms with Crippen LogP contribution in [0.1, 0.15) is 5.82 Å². The molecule has 3 rings (SSSR count). The molecule has 0 bridgehead atoms. The molecule has 0 N–H and O–H groups in total. The van der Waals surface area contributed by atoms with Crippen molar-refractivity contribution in [2.45, 2.75) is 6.42 Å². The smallest absolute Gasteiger partial charge is 0.115 e. The lowest BCUT2D eigenvalue weighted by Gasteiger charge is -2.09. The minimum absolute atomic E-state index is 0.484. The first-order valence-corrected chi connectivity index (χ1v) is 7.95. The number of fused-ring (bicyclic) bond motifs is 1. The van der Waals surface area contributed by atoms with Gasteiger partial charge in [0.15, 0.2) is 0 Å². The van der Waals surface area contributed by atoms with Crippen LogP contribution in [0.15, 0.2) is 36.4 Å². The summed E-state index contributed by atoms with van der Waals surface area (Å²) in [5.74, 6) is 1.35. The number of alkyl halides is 1. The molecule has 0 aliphatic carbocycles. The maximum absolute atomic E-state index is 6.12. The predicted molar refractivity (Wildman–Crippen MR) is 90.5 cm³/mol. The van der Waals surface area contributed by atoms with Crippen LogP contribution in [0.4, 0.5) is 0 Å². The molecular formula is C15H10Cl4N2. The highest BCUT2D eigenvalue weighted by Crippen LogP contribution is 2.29. The number of imidazole rings is 1. The second kappa shape index (κ2) is 6.05. The number of hydrogen-bond donors (Lipinski definition) is 0. The maximum atomic E-state index is 6.12. The largest absolute Gasteiger partial charge is 0.296 e. The fourth-order valence-electron chi connectivity index (χ4n) is 2.27. The third-order valence-electron chi connectivity index (χ3n) is 3.17. The molecule has 0 radical (unpaired) electrons. The van der Waals surface area contributed by atoms with Crippen molar-refractivity contribution < 1.29 is 0 Å². The number of aromatic nitrogens is 2. The SMILES string of the molecule is ClCCc1nc2cc(Cl)ccc2n1-c1ccc(Cl)c(Cl)c1. The van der Waals surface area contributed by atoms with Crippen molar-refractivity contribution in [1.82, 2.24) is 9.55 Å². The van der Waals surface area contributed by atoms with E-state index in [1.54, 1.807) is 6.07 Å². The van der Waals surface area contributed by atoms with Crippen molar-refractivity contribution in [3.8, 4) is 5.69 Å². The summed E-state index contributed by atoms with van der Waals surface area (Å²) in [6.07, 6.45) is 0.647. The van der Waals surface area contributed by atoms with Gasteiger partial charge in [-0.3, -0.25) is 4.57 Å². The first kappa shape index (κ1) is 15.0. The van der Waals surface area contributed by atoms with E-state index in [1.165, 1.54) is 0 Å². The van der Waals surface area contributed by atoms with Crippen molar-refractivity contribution in [3.63, 3.8) is 0 Å². The molecule has 0 saturated heterocycles. The quantitative estimate of drug-likeness (QED) is 0.543. The molecule has 6 heteroatoms. The highest BCUT2D eigenvalue weighted by molar-refractivity contribution is 6.42. The van der Waals surface area contributed by atoms with E-state index in [-0.39, 0.29) is 0 Å². The first-order chi connectivity index (χ1) is 10.1. The van der Waals surface area contributed by atoms with Crippen LogP contribution in [0.25, 0.3) is 16.7 Å². The van der Waals surface area contributed by atoms with E-state index in [9.17, 15) is 0 Å². The Morgan fingerprint density at radius 3 is 2.48 bits per heavy atom. The normalized spacial score (nSPS) is 11.2. The maximum Gasteiger partial charge on any atom is 0.115 e. The van der Waals surface area contributed by atoms with Crippen LogP contribution >= 0.6 is 46.4 Å². The van der Waals surface area contributed by atoms with Crippen LogP contribution < -0.4 is 0 Å². The molecule has 0 aliphatic rings. The van der Waals surface area contributed by atoms with Gasteiger partial charge in [-0.1, -0.05) is 34.8 Å². The summed E-state index contributed by atoms with van der Waals surface area (Å²) in [4.78, 5) is 4.61. The average molecular weight is 360 g/mol. The summed E-state index contributed by atoms with van der Waals surface area (Å²) in [5, 5.41) is 1.67. The van der Waals surface area contributed by atoms with Crippen LogP contribution in [0.3, 0.4) is 0 Å². The third-order valence-corrected chi connectivity index (χ3v) is 4.33. The summed E-state index contributed by atoms with van der Waals surface area (Å²) in [7, 11) is 0. The molecule has 108 valence electrons. The lowest BCUT2D eigenvalue weighted by molar-refractivity contribution is 0.912. The number of nitrogens with zero attached hydrogens (tertiary/aromatic N) is 2. The summed E-state index contributed by atoms with van der Waals surface area (Å²) >= 11 is 24.0. The van der Waals surface area contributed by atoms with E-state index in [2.05, 4.69) is 4.98 Å². The Kier molecular flexibility index (Phi) is 4.32. The van der Waals surface area contributed by atoms with Crippen molar-refractivity contribution in [1.29, 1.82) is 0 Å². The van der Waals surface area contributed by atoms with E-state index < -0.39 is 0 Å². The molecule has 0 aliphatic heterocycles. The standard InChI is InChI=1S/C15H10Cl4N2/c16-6-5-15-20-13-7-9(17)1-4-14(13)21(15)10-2-3-11(18)12(19)8-10/h1-4,7-8H,5-6H2. The summed E-state index contributed by atoms with van der Waals surface area (Å²) in [6, 6.07) is 11.1. The molecular weight excluding hydrogens is 350 g/mol. The highest BCUT2D eigenvalue weighted by atomic mass is 35.5. The van der Waals surface area contributed by atoms with Gasteiger partial charge >= 0.3 is 0 Å². The van der Waals surface area contributed by atoms with E-state index in [1.807, 2.05) is 34.9 Å². The molecule has 21 heavy (non-hydrogen) atoms. The molecule has 1 heterocycles. The Bertz CT molecular complexity index is 811. The lowest BCUT2D eigenvalue weighted by atomic mass is 10.2. The fourth-order valence-corrected chi connectivity index (χ4v) is 2.90. The molecule has 0 unspecified atom stereocenters. The van der Waals surface area contributed by atoms with E-state index in [0.29, 0.717) is 27.4 Å². The number of benzene rings is 2. The van der Waals surface area contributed by atoms with Gasteiger partial charge < -0.3 is 0 Å². The summed E-state index contributed by atoms with van der Waals surface area (Å²) in [6.45, 7) is 0. The average Bonchev–Trinajstić information content (AvgIpc) is 2.79. The molecule has 3 aromatic rings. The van der Waals surface area contributed by atoms with Gasteiger partial charge in [-0.05, 0) is 36.4 Å². The Morgan fingerprint density at radius 2 is 1.76 bits per heavy atom. The van der Waals surface area contributed by atoms with Crippen molar-refractivity contribution in [3.05, 3.63) is 57.3 Å². The Morgan fingerprint density at radius 1 is 0.952 bits per heavy atom. The van der Waals surface area contributed by atoms with Crippen LogP contribution in [0.5, 0.6) is 0 Å². The van der Waals surface area contributed by atoms with Gasteiger partial charge in [0.25, 0.3) is 0 Å². The summed E-state index contributed by atoms with van der Waals surface area (Å²) < 4.78 is 2.02. The zero-order chi connectivity index (χ0) is 15.0. The monoisotopic (exact) mass is 358 g/mol. The number of halogens is 4. The Balaban J connectivity index is 2.27. The molecule has 2 nitrogen and oxygen atoms in total. The molecule has 1 aromatic heterocycles. The van der Waals surface area contributed by atoms with Crippen molar-refractivity contribution >= 4 is 57.4 Å².